The molecular formula is C20H30N2O3. The summed E-state index contributed by atoms with van der Waals surface area (Å²) < 4.78 is 5.07. The van der Waals surface area contributed by atoms with Crippen LogP contribution in [0.4, 0.5) is 0 Å². The van der Waals surface area contributed by atoms with Gasteiger partial charge in [0.05, 0.1) is 19.7 Å². The van der Waals surface area contributed by atoms with Crippen molar-refractivity contribution in [3.63, 3.8) is 0 Å². The Morgan fingerprint density at radius 2 is 1.92 bits per heavy atom. The molecule has 1 amide bonds. The molecule has 0 radical (unpaired) electrons. The smallest absolute Gasteiger partial charge is 0.320 e. The van der Waals surface area contributed by atoms with Gasteiger partial charge in [0.15, 0.2) is 0 Å². The van der Waals surface area contributed by atoms with Crippen molar-refractivity contribution in [2.75, 3.05) is 26.2 Å². The monoisotopic (exact) mass is 346 g/mol. The third kappa shape index (κ3) is 6.16. The van der Waals surface area contributed by atoms with Crippen LogP contribution >= 0.6 is 0 Å². The minimum atomic E-state index is -0.281. The van der Waals surface area contributed by atoms with Gasteiger partial charge >= 0.3 is 5.97 Å². The van der Waals surface area contributed by atoms with E-state index in [1.54, 1.807) is 6.92 Å². The van der Waals surface area contributed by atoms with Gasteiger partial charge < -0.3 is 9.64 Å². The number of benzene rings is 1. The Kier molecular flexibility index (Phi) is 7.92. The zero-order valence-electron chi connectivity index (χ0n) is 15.4. The summed E-state index contributed by atoms with van der Waals surface area (Å²) in [6, 6.07) is 10.3. The Labute approximate surface area is 150 Å². The molecule has 1 aromatic rings. The zero-order chi connectivity index (χ0) is 18.1. The van der Waals surface area contributed by atoms with E-state index in [1.165, 1.54) is 6.42 Å². The van der Waals surface area contributed by atoms with Crippen LogP contribution in [0.1, 0.15) is 45.1 Å². The molecule has 1 aromatic carbocycles. The number of likely N-dealkylation sites (tertiary alicyclic amines) is 1. The number of hydrogen-bond acceptors (Lipinski definition) is 4. The average Bonchev–Trinajstić information content (AvgIpc) is 2.62. The molecule has 1 aliphatic rings. The van der Waals surface area contributed by atoms with Gasteiger partial charge in [0.2, 0.25) is 5.91 Å². The Morgan fingerprint density at radius 3 is 2.60 bits per heavy atom. The molecule has 0 bridgehead atoms. The van der Waals surface area contributed by atoms with Gasteiger partial charge in [-0.15, -0.1) is 0 Å². The summed E-state index contributed by atoms with van der Waals surface area (Å²) >= 11 is 0. The minimum Gasteiger partial charge on any atom is -0.465 e. The average molecular weight is 346 g/mol. The van der Waals surface area contributed by atoms with Crippen LogP contribution in [0.3, 0.4) is 0 Å². The first-order chi connectivity index (χ1) is 12.1. The van der Waals surface area contributed by atoms with Gasteiger partial charge in [0, 0.05) is 19.1 Å². The van der Waals surface area contributed by atoms with Crippen LogP contribution in [-0.4, -0.2) is 54.0 Å². The summed E-state index contributed by atoms with van der Waals surface area (Å²) in [5, 5.41) is 0. The first-order valence-corrected chi connectivity index (χ1v) is 9.35. The van der Waals surface area contributed by atoms with Crippen LogP contribution < -0.4 is 0 Å². The standard InChI is InChI=1S/C20H30N2O3/c1-3-18-12-8-9-13-22(18)19(23)15-21(16-20(24)25-4-2)14-17-10-6-5-7-11-17/h5-7,10-11,18H,3-4,8-9,12-16H2,1-2H3. The van der Waals surface area contributed by atoms with Crippen molar-refractivity contribution < 1.29 is 14.3 Å². The van der Waals surface area contributed by atoms with E-state index < -0.39 is 0 Å². The van der Waals surface area contributed by atoms with Crippen LogP contribution in [-0.2, 0) is 20.9 Å². The third-order valence-corrected chi connectivity index (χ3v) is 4.68. The summed E-state index contributed by atoms with van der Waals surface area (Å²) in [5.74, 6) is -0.163. The van der Waals surface area contributed by atoms with Crippen LogP contribution in [0.5, 0.6) is 0 Å². The molecule has 0 N–H and O–H groups in total. The number of ether oxygens (including phenoxy) is 1. The molecule has 138 valence electrons. The second kappa shape index (κ2) is 10.2. The second-order valence-electron chi connectivity index (χ2n) is 6.58. The molecule has 1 unspecified atom stereocenters. The molecule has 1 heterocycles. The van der Waals surface area contributed by atoms with Crippen molar-refractivity contribution in [1.29, 1.82) is 0 Å². The number of carbonyl (C=O) groups excluding carboxylic acids is 2. The normalized spacial score (nSPS) is 17.6. The molecule has 1 fully saturated rings. The molecule has 5 heteroatoms. The summed E-state index contributed by atoms with van der Waals surface area (Å²) in [6.45, 7) is 6.08. The SMILES string of the molecule is CCOC(=O)CN(CC(=O)N1CCCCC1CC)Cc1ccccc1. The molecule has 0 aliphatic carbocycles. The molecule has 25 heavy (non-hydrogen) atoms. The highest BCUT2D eigenvalue weighted by Gasteiger charge is 2.27. The molecule has 0 saturated carbocycles. The van der Waals surface area contributed by atoms with Gasteiger partial charge in [-0.1, -0.05) is 37.3 Å². The third-order valence-electron chi connectivity index (χ3n) is 4.68. The lowest BCUT2D eigenvalue weighted by Gasteiger charge is -2.36. The fraction of sp³-hybridized carbons (Fsp3) is 0.600. The Balaban J connectivity index is 2.03. The first-order valence-electron chi connectivity index (χ1n) is 9.35. The second-order valence-corrected chi connectivity index (χ2v) is 6.58. The molecule has 5 nitrogen and oxygen atoms in total. The fourth-order valence-electron chi connectivity index (χ4n) is 3.43. The molecule has 1 aliphatic heterocycles. The summed E-state index contributed by atoms with van der Waals surface area (Å²) in [4.78, 5) is 28.7. The summed E-state index contributed by atoms with van der Waals surface area (Å²) in [5.41, 5.74) is 1.09. The topological polar surface area (TPSA) is 49.9 Å². The van der Waals surface area contributed by atoms with Crippen molar-refractivity contribution in [3.8, 4) is 0 Å². The van der Waals surface area contributed by atoms with Crippen LogP contribution in [0, 0.1) is 0 Å². The Hall–Kier alpha value is -1.88. The van der Waals surface area contributed by atoms with Crippen molar-refractivity contribution in [2.24, 2.45) is 0 Å². The first kappa shape index (κ1) is 19.4. The van der Waals surface area contributed by atoms with E-state index in [9.17, 15) is 9.59 Å². The summed E-state index contributed by atoms with van der Waals surface area (Å²) in [6.07, 6.45) is 4.33. The lowest BCUT2D eigenvalue weighted by atomic mass is 10.00. The van der Waals surface area contributed by atoms with Crippen LogP contribution in [0.15, 0.2) is 30.3 Å². The highest BCUT2D eigenvalue weighted by Crippen LogP contribution is 2.20. The predicted octanol–water partition coefficient (Wildman–Crippen LogP) is 2.84. The van der Waals surface area contributed by atoms with Gasteiger partial charge in [-0.2, -0.15) is 0 Å². The fourth-order valence-corrected chi connectivity index (χ4v) is 3.43. The van der Waals surface area contributed by atoms with E-state index in [-0.39, 0.29) is 25.0 Å². The molecule has 2 rings (SSSR count). The maximum atomic E-state index is 12.8. The number of amides is 1. The minimum absolute atomic E-state index is 0.117. The van der Waals surface area contributed by atoms with E-state index in [2.05, 4.69) is 6.92 Å². The molecule has 0 aromatic heterocycles. The van der Waals surface area contributed by atoms with E-state index in [1.807, 2.05) is 40.1 Å². The number of rotatable bonds is 8. The van der Waals surface area contributed by atoms with Gasteiger partial charge in [-0.3, -0.25) is 14.5 Å². The largest absolute Gasteiger partial charge is 0.465 e. The van der Waals surface area contributed by atoms with Crippen molar-refractivity contribution >= 4 is 11.9 Å². The van der Waals surface area contributed by atoms with Crippen LogP contribution in [0.2, 0.25) is 0 Å². The number of esters is 1. The van der Waals surface area contributed by atoms with Crippen LogP contribution in [0.25, 0.3) is 0 Å². The van der Waals surface area contributed by atoms with Gasteiger partial charge in [-0.25, -0.2) is 0 Å². The zero-order valence-corrected chi connectivity index (χ0v) is 15.4. The predicted molar refractivity (Wildman–Crippen MR) is 98.0 cm³/mol. The van der Waals surface area contributed by atoms with Gasteiger partial charge in [-0.05, 0) is 38.2 Å². The molecule has 0 spiro atoms. The Bertz CT molecular complexity index is 547. The Morgan fingerprint density at radius 1 is 1.16 bits per heavy atom. The van der Waals surface area contributed by atoms with Gasteiger partial charge in [0.25, 0.3) is 0 Å². The summed E-state index contributed by atoms with van der Waals surface area (Å²) in [7, 11) is 0. The maximum Gasteiger partial charge on any atom is 0.320 e. The van der Waals surface area contributed by atoms with E-state index in [0.717, 1.165) is 31.4 Å². The highest BCUT2D eigenvalue weighted by molar-refractivity contribution is 5.80. The number of carbonyl (C=O) groups is 2. The van der Waals surface area contributed by atoms with Crippen molar-refractivity contribution in [2.45, 2.75) is 52.1 Å². The van der Waals surface area contributed by atoms with E-state index in [0.29, 0.717) is 19.2 Å². The number of hydrogen-bond donors (Lipinski definition) is 0. The molecular weight excluding hydrogens is 316 g/mol. The highest BCUT2D eigenvalue weighted by atomic mass is 16.5. The van der Waals surface area contributed by atoms with E-state index in [4.69, 9.17) is 4.74 Å². The molecule has 1 saturated heterocycles. The molecule has 1 atom stereocenters. The maximum absolute atomic E-state index is 12.8. The van der Waals surface area contributed by atoms with Gasteiger partial charge in [0.1, 0.15) is 0 Å². The number of piperidine rings is 1. The lowest BCUT2D eigenvalue weighted by Crippen LogP contribution is -2.48. The van der Waals surface area contributed by atoms with Crippen molar-refractivity contribution in [1.82, 2.24) is 9.80 Å². The lowest BCUT2D eigenvalue weighted by molar-refractivity contribution is -0.145. The number of nitrogens with zero attached hydrogens (tertiary/aromatic N) is 2. The quantitative estimate of drug-likeness (QED) is 0.679. The van der Waals surface area contributed by atoms with E-state index >= 15 is 0 Å². The van der Waals surface area contributed by atoms with Crippen molar-refractivity contribution in [3.05, 3.63) is 35.9 Å².